The van der Waals surface area contributed by atoms with Crippen molar-refractivity contribution in [3.05, 3.63) is 60.2 Å². The molecule has 0 N–H and O–H groups in total. The maximum atomic E-state index is 12.4. The molecule has 2 aromatic rings. The molecule has 29 heavy (non-hydrogen) atoms. The number of carbonyl (C=O) groups excluding carboxylic acids is 2. The molecular formula is C23H27NO5. The van der Waals surface area contributed by atoms with Gasteiger partial charge in [0.1, 0.15) is 11.5 Å². The van der Waals surface area contributed by atoms with Gasteiger partial charge in [0.15, 0.2) is 0 Å². The number of benzene rings is 2. The van der Waals surface area contributed by atoms with Crippen LogP contribution in [-0.4, -0.2) is 35.9 Å². The zero-order valence-electron chi connectivity index (χ0n) is 17.4. The van der Waals surface area contributed by atoms with Crippen molar-refractivity contribution in [2.24, 2.45) is 4.99 Å². The van der Waals surface area contributed by atoms with Crippen LogP contribution in [0.15, 0.2) is 59.6 Å². The van der Waals surface area contributed by atoms with Gasteiger partial charge in [-0.3, -0.25) is 4.99 Å². The van der Waals surface area contributed by atoms with Gasteiger partial charge in [0.05, 0.1) is 12.2 Å². The zero-order valence-corrected chi connectivity index (χ0v) is 17.4. The monoisotopic (exact) mass is 397 g/mol. The molecule has 0 spiro atoms. The molecule has 0 fully saturated rings. The Morgan fingerprint density at radius 3 is 1.90 bits per heavy atom. The van der Waals surface area contributed by atoms with Gasteiger partial charge in [0.2, 0.25) is 6.04 Å². The maximum absolute atomic E-state index is 12.4. The highest BCUT2D eigenvalue weighted by Gasteiger charge is 2.31. The van der Waals surface area contributed by atoms with E-state index in [1.54, 1.807) is 40.7 Å². The summed E-state index contributed by atoms with van der Waals surface area (Å²) in [5.41, 5.74) is 1.22. The van der Waals surface area contributed by atoms with E-state index < -0.39 is 18.0 Å². The fourth-order valence-corrected chi connectivity index (χ4v) is 2.47. The van der Waals surface area contributed by atoms with E-state index in [0.29, 0.717) is 17.2 Å². The average molecular weight is 397 g/mol. The van der Waals surface area contributed by atoms with Gasteiger partial charge in [-0.05, 0) is 64.4 Å². The summed E-state index contributed by atoms with van der Waals surface area (Å²) in [6.07, 6.45) is -0.732. The van der Waals surface area contributed by atoms with Crippen LogP contribution in [0.5, 0.6) is 11.5 Å². The Morgan fingerprint density at radius 2 is 1.34 bits per heavy atom. The van der Waals surface area contributed by atoms with Crippen LogP contribution in [0.2, 0.25) is 0 Å². The number of esters is 2. The SMILES string of the molecule is CC(=NC(C(=O)OC(C)C)C(=O)OC(C)C)c1cccc(Oc2ccccc2)c1. The minimum absolute atomic E-state index is 0.366. The molecule has 0 saturated carbocycles. The number of aliphatic imine (C=N–C) groups is 1. The van der Waals surface area contributed by atoms with Crippen LogP contribution in [0.3, 0.4) is 0 Å². The third-order valence-electron chi connectivity index (χ3n) is 3.70. The van der Waals surface area contributed by atoms with Gasteiger partial charge in [-0.15, -0.1) is 0 Å². The molecule has 0 aliphatic carbocycles. The third kappa shape index (κ3) is 7.07. The number of nitrogens with zero attached hydrogens (tertiary/aromatic N) is 1. The topological polar surface area (TPSA) is 74.2 Å². The Hall–Kier alpha value is -3.15. The van der Waals surface area contributed by atoms with Crippen molar-refractivity contribution >= 4 is 17.7 Å². The minimum Gasteiger partial charge on any atom is -0.461 e. The predicted octanol–water partition coefficient (Wildman–Crippen LogP) is 4.56. The second-order valence-electron chi connectivity index (χ2n) is 7.03. The smallest absolute Gasteiger partial charge is 0.342 e. The standard InChI is InChI=1S/C23H27NO5/c1-15(2)27-22(25)21(23(26)28-16(3)4)24-17(5)18-10-9-13-20(14-18)29-19-11-7-6-8-12-19/h6-16,21H,1-5H3. The van der Waals surface area contributed by atoms with E-state index in [2.05, 4.69) is 4.99 Å². The van der Waals surface area contributed by atoms with E-state index in [1.165, 1.54) is 0 Å². The van der Waals surface area contributed by atoms with Gasteiger partial charge in [-0.1, -0.05) is 30.3 Å². The van der Waals surface area contributed by atoms with E-state index in [9.17, 15) is 9.59 Å². The number of ether oxygens (including phenoxy) is 3. The van der Waals surface area contributed by atoms with Crippen molar-refractivity contribution in [3.8, 4) is 11.5 Å². The molecule has 0 saturated heterocycles. The predicted molar refractivity (Wildman–Crippen MR) is 111 cm³/mol. The van der Waals surface area contributed by atoms with Crippen molar-refractivity contribution < 1.29 is 23.8 Å². The van der Waals surface area contributed by atoms with Gasteiger partial charge in [-0.25, -0.2) is 9.59 Å². The van der Waals surface area contributed by atoms with Crippen LogP contribution in [0.1, 0.15) is 40.2 Å². The summed E-state index contributed by atoms with van der Waals surface area (Å²) >= 11 is 0. The van der Waals surface area contributed by atoms with Crippen LogP contribution in [-0.2, 0) is 19.1 Å². The first-order valence-corrected chi connectivity index (χ1v) is 9.55. The number of hydrogen-bond acceptors (Lipinski definition) is 6. The van der Waals surface area contributed by atoms with Crippen LogP contribution in [0, 0.1) is 0 Å². The van der Waals surface area contributed by atoms with E-state index in [-0.39, 0.29) is 12.2 Å². The van der Waals surface area contributed by atoms with Crippen LogP contribution in [0.4, 0.5) is 0 Å². The highest BCUT2D eigenvalue weighted by molar-refractivity contribution is 6.06. The molecule has 2 rings (SSSR count). The molecule has 0 aromatic heterocycles. The average Bonchev–Trinajstić information content (AvgIpc) is 2.65. The summed E-state index contributed by atoms with van der Waals surface area (Å²) in [5, 5.41) is 0. The normalized spacial score (nSPS) is 11.7. The van der Waals surface area contributed by atoms with Crippen LogP contribution >= 0.6 is 0 Å². The zero-order chi connectivity index (χ0) is 21.4. The fraction of sp³-hybridized carbons (Fsp3) is 0.348. The third-order valence-corrected chi connectivity index (χ3v) is 3.70. The molecule has 0 unspecified atom stereocenters. The Morgan fingerprint density at radius 1 is 0.793 bits per heavy atom. The molecular weight excluding hydrogens is 370 g/mol. The first kappa shape index (κ1) is 22.1. The van der Waals surface area contributed by atoms with Gasteiger partial charge in [-0.2, -0.15) is 0 Å². The first-order chi connectivity index (χ1) is 13.8. The summed E-state index contributed by atoms with van der Waals surface area (Å²) in [4.78, 5) is 29.1. The van der Waals surface area contributed by atoms with Gasteiger partial charge >= 0.3 is 11.9 Å². The Balaban J connectivity index is 2.27. The number of rotatable bonds is 8. The lowest BCUT2D eigenvalue weighted by atomic mass is 10.1. The highest BCUT2D eigenvalue weighted by Crippen LogP contribution is 2.22. The molecule has 154 valence electrons. The fourth-order valence-electron chi connectivity index (χ4n) is 2.47. The molecule has 0 amide bonds. The van der Waals surface area contributed by atoms with Crippen molar-refractivity contribution in [2.75, 3.05) is 0 Å². The maximum Gasteiger partial charge on any atom is 0.342 e. The Labute approximate surface area is 171 Å². The molecule has 0 heterocycles. The largest absolute Gasteiger partial charge is 0.461 e. The Kier molecular flexibility index (Phi) is 7.95. The minimum atomic E-state index is -1.38. The lowest BCUT2D eigenvalue weighted by molar-refractivity contribution is -0.160. The molecule has 0 radical (unpaired) electrons. The number of hydrogen-bond donors (Lipinski definition) is 0. The van der Waals surface area contributed by atoms with E-state index in [4.69, 9.17) is 14.2 Å². The molecule has 0 atom stereocenters. The van der Waals surface area contributed by atoms with Crippen LogP contribution in [0.25, 0.3) is 0 Å². The summed E-state index contributed by atoms with van der Waals surface area (Å²) < 4.78 is 16.2. The van der Waals surface area contributed by atoms with Crippen molar-refractivity contribution in [1.82, 2.24) is 0 Å². The van der Waals surface area contributed by atoms with Crippen molar-refractivity contribution in [1.29, 1.82) is 0 Å². The summed E-state index contributed by atoms with van der Waals surface area (Å²) in [6.45, 7) is 8.57. The second-order valence-corrected chi connectivity index (χ2v) is 7.03. The first-order valence-electron chi connectivity index (χ1n) is 9.55. The quantitative estimate of drug-likeness (QED) is 0.371. The lowest BCUT2D eigenvalue weighted by Gasteiger charge is -2.16. The lowest BCUT2D eigenvalue weighted by Crippen LogP contribution is -2.35. The van der Waals surface area contributed by atoms with Gasteiger partial charge in [0.25, 0.3) is 0 Å². The van der Waals surface area contributed by atoms with Crippen molar-refractivity contribution in [2.45, 2.75) is 52.9 Å². The van der Waals surface area contributed by atoms with E-state index in [1.807, 2.05) is 48.5 Å². The van der Waals surface area contributed by atoms with Crippen LogP contribution < -0.4 is 4.74 Å². The van der Waals surface area contributed by atoms with Gasteiger partial charge < -0.3 is 14.2 Å². The number of para-hydroxylation sites is 1. The van der Waals surface area contributed by atoms with E-state index >= 15 is 0 Å². The molecule has 2 aromatic carbocycles. The summed E-state index contributed by atoms with van der Waals surface area (Å²) in [5.74, 6) is -0.143. The summed E-state index contributed by atoms with van der Waals surface area (Å²) in [7, 11) is 0. The van der Waals surface area contributed by atoms with Crippen molar-refractivity contribution in [3.63, 3.8) is 0 Å². The Bertz CT molecular complexity index is 837. The molecule has 0 aliphatic rings. The highest BCUT2D eigenvalue weighted by atomic mass is 16.6. The molecule has 6 nitrogen and oxygen atoms in total. The van der Waals surface area contributed by atoms with E-state index in [0.717, 1.165) is 5.56 Å². The second kappa shape index (κ2) is 10.4. The summed E-state index contributed by atoms with van der Waals surface area (Å²) in [6, 6.07) is 15.3. The molecule has 6 heteroatoms. The molecule has 0 aliphatic heterocycles. The van der Waals surface area contributed by atoms with Gasteiger partial charge in [0, 0.05) is 5.71 Å². The molecule has 0 bridgehead atoms. The number of carbonyl (C=O) groups is 2.